The number of hydrogen-bond donors (Lipinski definition) is 3. The quantitative estimate of drug-likeness (QED) is 0.364. The van der Waals surface area contributed by atoms with Crippen LogP contribution in [0.4, 0.5) is 10.5 Å². The topological polar surface area (TPSA) is 105 Å². The molecule has 0 aliphatic heterocycles. The van der Waals surface area contributed by atoms with E-state index >= 15 is 0 Å². The largest absolute Gasteiger partial charge is 0.480 e. The molecule has 0 fully saturated rings. The minimum absolute atomic E-state index is 0.0690. The summed E-state index contributed by atoms with van der Waals surface area (Å²) in [5.41, 5.74) is 4.73. The van der Waals surface area contributed by atoms with Gasteiger partial charge in [0.2, 0.25) is 0 Å². The van der Waals surface area contributed by atoms with Crippen molar-refractivity contribution in [3.8, 4) is 11.1 Å². The van der Waals surface area contributed by atoms with E-state index < -0.39 is 24.0 Å². The number of carboxylic acids is 1. The van der Waals surface area contributed by atoms with Crippen LogP contribution in [0.5, 0.6) is 0 Å². The third-order valence-electron chi connectivity index (χ3n) is 5.81. The van der Waals surface area contributed by atoms with Crippen LogP contribution in [0.1, 0.15) is 33.8 Å². The lowest BCUT2D eigenvalue weighted by Crippen LogP contribution is -2.40. The van der Waals surface area contributed by atoms with Crippen LogP contribution in [-0.2, 0) is 9.53 Å². The van der Waals surface area contributed by atoms with Gasteiger partial charge in [0.15, 0.2) is 0 Å². The predicted molar refractivity (Wildman–Crippen MR) is 134 cm³/mol. The maximum atomic E-state index is 12.6. The zero-order valence-corrected chi connectivity index (χ0v) is 19.4. The molecule has 3 aromatic rings. The minimum Gasteiger partial charge on any atom is -0.480 e. The second-order valence-corrected chi connectivity index (χ2v) is 8.44. The van der Waals surface area contributed by atoms with Crippen LogP contribution in [0.25, 0.3) is 11.1 Å². The van der Waals surface area contributed by atoms with Gasteiger partial charge in [-0.2, -0.15) is 0 Å². The van der Waals surface area contributed by atoms with Gasteiger partial charge in [-0.3, -0.25) is 10.1 Å². The van der Waals surface area contributed by atoms with Crippen LogP contribution >= 0.6 is 11.6 Å². The van der Waals surface area contributed by atoms with Gasteiger partial charge in [-0.25, -0.2) is 9.59 Å². The van der Waals surface area contributed by atoms with Crippen molar-refractivity contribution in [2.45, 2.75) is 18.4 Å². The summed E-state index contributed by atoms with van der Waals surface area (Å²) in [4.78, 5) is 36.4. The molecule has 3 aromatic carbocycles. The molecular formula is C27H23ClN2O5. The van der Waals surface area contributed by atoms with E-state index in [0.717, 1.165) is 22.3 Å². The molecule has 1 aliphatic rings. The Labute approximate surface area is 207 Å². The maximum absolute atomic E-state index is 12.6. The fourth-order valence-corrected chi connectivity index (χ4v) is 4.30. The average Bonchev–Trinajstić information content (AvgIpc) is 3.17. The number of amides is 2. The van der Waals surface area contributed by atoms with Crippen LogP contribution < -0.4 is 10.6 Å². The molecule has 2 amide bonds. The van der Waals surface area contributed by atoms with Crippen molar-refractivity contribution in [2.75, 3.05) is 11.9 Å². The van der Waals surface area contributed by atoms with E-state index in [1.807, 2.05) is 36.4 Å². The fraction of sp³-hybridized carbons (Fsp3) is 0.148. The van der Waals surface area contributed by atoms with E-state index in [1.54, 1.807) is 0 Å². The number of fused-ring (bicyclic) bond motifs is 3. The Morgan fingerprint density at radius 1 is 1.03 bits per heavy atom. The van der Waals surface area contributed by atoms with Crippen LogP contribution in [0.2, 0.25) is 5.02 Å². The number of carbonyl (C=O) groups is 3. The molecule has 4 rings (SSSR count). The van der Waals surface area contributed by atoms with Gasteiger partial charge in [-0.15, -0.1) is 6.58 Å². The van der Waals surface area contributed by atoms with Crippen LogP contribution in [-0.4, -0.2) is 35.7 Å². The smallest absolute Gasteiger partial charge is 0.411 e. The summed E-state index contributed by atoms with van der Waals surface area (Å²) in [7, 11) is 0. The summed E-state index contributed by atoms with van der Waals surface area (Å²) in [6.45, 7) is 3.62. The van der Waals surface area contributed by atoms with Gasteiger partial charge in [0.25, 0.3) is 5.91 Å². The van der Waals surface area contributed by atoms with E-state index in [-0.39, 0.29) is 35.2 Å². The highest BCUT2D eigenvalue weighted by Gasteiger charge is 2.29. The lowest BCUT2D eigenvalue weighted by atomic mass is 9.98. The number of halogens is 1. The first-order valence-corrected chi connectivity index (χ1v) is 11.3. The molecule has 0 heterocycles. The Balaban J connectivity index is 1.44. The number of aliphatic carboxylic acids is 1. The highest BCUT2D eigenvalue weighted by molar-refractivity contribution is 6.33. The molecule has 0 radical (unpaired) electrons. The average molecular weight is 491 g/mol. The zero-order chi connectivity index (χ0) is 24.9. The Kier molecular flexibility index (Phi) is 7.17. The summed E-state index contributed by atoms with van der Waals surface area (Å²) < 4.78 is 5.53. The van der Waals surface area contributed by atoms with Gasteiger partial charge < -0.3 is 15.2 Å². The fourth-order valence-electron chi connectivity index (χ4n) is 4.14. The number of carbonyl (C=O) groups excluding carboxylic acids is 2. The SMILES string of the molecule is C=CCC(NC(=O)c1ccc(Cl)c(NC(=O)OCC2c3ccccc3-c3ccccc32)c1)C(=O)O. The molecule has 0 spiro atoms. The highest BCUT2D eigenvalue weighted by Crippen LogP contribution is 2.44. The van der Waals surface area contributed by atoms with Crippen molar-refractivity contribution in [2.24, 2.45) is 0 Å². The molecular weight excluding hydrogens is 468 g/mol. The van der Waals surface area contributed by atoms with Gasteiger partial charge in [-0.05, 0) is 46.9 Å². The molecule has 8 heteroatoms. The number of carboxylic acid groups (broad SMARTS) is 1. The standard InChI is InChI=1S/C27H23ClN2O5/c1-2-7-23(26(32)33)29-25(31)16-12-13-22(28)24(14-16)30-27(34)35-15-21-19-10-5-3-8-17(19)18-9-4-6-11-20(18)21/h2-6,8-14,21,23H,1,7,15H2,(H,29,31)(H,30,34)(H,32,33). The lowest BCUT2D eigenvalue weighted by Gasteiger charge is -2.16. The Morgan fingerprint density at radius 3 is 2.26 bits per heavy atom. The van der Waals surface area contributed by atoms with E-state index in [0.29, 0.717) is 0 Å². The Bertz CT molecular complexity index is 1260. The number of nitrogens with one attached hydrogen (secondary N) is 2. The molecule has 0 bridgehead atoms. The number of hydrogen-bond acceptors (Lipinski definition) is 4. The van der Waals surface area contributed by atoms with Crippen molar-refractivity contribution < 1.29 is 24.2 Å². The highest BCUT2D eigenvalue weighted by atomic mass is 35.5. The van der Waals surface area contributed by atoms with Crippen molar-refractivity contribution in [3.63, 3.8) is 0 Å². The van der Waals surface area contributed by atoms with E-state index in [2.05, 4.69) is 29.3 Å². The maximum Gasteiger partial charge on any atom is 0.411 e. The number of rotatable bonds is 8. The van der Waals surface area contributed by atoms with Crippen molar-refractivity contribution >= 4 is 35.3 Å². The summed E-state index contributed by atoms with van der Waals surface area (Å²) in [5.74, 6) is -1.89. The molecule has 35 heavy (non-hydrogen) atoms. The minimum atomic E-state index is -1.18. The van der Waals surface area contributed by atoms with Gasteiger partial charge in [0.05, 0.1) is 10.7 Å². The van der Waals surface area contributed by atoms with Crippen LogP contribution in [0.15, 0.2) is 79.4 Å². The van der Waals surface area contributed by atoms with E-state index in [9.17, 15) is 19.5 Å². The monoisotopic (exact) mass is 490 g/mol. The third-order valence-corrected chi connectivity index (χ3v) is 6.14. The molecule has 0 saturated heterocycles. The molecule has 178 valence electrons. The lowest BCUT2D eigenvalue weighted by molar-refractivity contribution is -0.139. The Hall–Kier alpha value is -4.10. The molecule has 7 nitrogen and oxygen atoms in total. The van der Waals surface area contributed by atoms with E-state index in [1.165, 1.54) is 24.3 Å². The first-order chi connectivity index (χ1) is 16.9. The van der Waals surface area contributed by atoms with Gasteiger partial charge in [0, 0.05) is 11.5 Å². The molecule has 0 saturated carbocycles. The molecule has 0 aromatic heterocycles. The summed E-state index contributed by atoms with van der Waals surface area (Å²) in [5, 5.41) is 14.4. The molecule has 1 unspecified atom stereocenters. The number of benzene rings is 3. The van der Waals surface area contributed by atoms with Crippen molar-refractivity contribution in [1.29, 1.82) is 0 Å². The van der Waals surface area contributed by atoms with Gasteiger partial charge >= 0.3 is 12.1 Å². The first kappa shape index (κ1) is 24.0. The summed E-state index contributed by atoms with van der Waals surface area (Å²) >= 11 is 6.20. The molecule has 1 atom stereocenters. The number of anilines is 1. The molecule has 3 N–H and O–H groups in total. The van der Waals surface area contributed by atoms with Crippen LogP contribution in [0.3, 0.4) is 0 Å². The Morgan fingerprint density at radius 2 is 1.66 bits per heavy atom. The summed E-state index contributed by atoms with van der Waals surface area (Å²) in [6, 6.07) is 19.2. The first-order valence-electron chi connectivity index (χ1n) is 10.9. The second-order valence-electron chi connectivity index (χ2n) is 8.03. The zero-order valence-electron chi connectivity index (χ0n) is 18.7. The van der Waals surface area contributed by atoms with Gasteiger partial charge in [0.1, 0.15) is 12.6 Å². The van der Waals surface area contributed by atoms with Crippen molar-refractivity contribution in [3.05, 3.63) is 101 Å². The molecule has 1 aliphatic carbocycles. The third kappa shape index (κ3) is 5.20. The number of ether oxygens (including phenoxy) is 1. The van der Waals surface area contributed by atoms with Crippen molar-refractivity contribution in [1.82, 2.24) is 5.32 Å². The predicted octanol–water partition coefficient (Wildman–Crippen LogP) is 5.46. The summed E-state index contributed by atoms with van der Waals surface area (Å²) in [6.07, 6.45) is 0.756. The second kappa shape index (κ2) is 10.4. The van der Waals surface area contributed by atoms with Gasteiger partial charge in [-0.1, -0.05) is 66.2 Å². The van der Waals surface area contributed by atoms with Crippen LogP contribution in [0, 0.1) is 0 Å². The normalized spacial score (nSPS) is 12.7. The van der Waals surface area contributed by atoms with E-state index in [4.69, 9.17) is 16.3 Å².